The molecule has 94 valence electrons. The molecule has 17 heavy (non-hydrogen) atoms. The summed E-state index contributed by atoms with van der Waals surface area (Å²) in [5.74, 6) is 0.635. The quantitative estimate of drug-likeness (QED) is 0.712. The van der Waals surface area contributed by atoms with Crippen molar-refractivity contribution in [3.05, 3.63) is 29.8 Å². The van der Waals surface area contributed by atoms with Crippen LogP contribution in [0.25, 0.3) is 0 Å². The molecule has 0 saturated carbocycles. The molecule has 1 rings (SSSR count). The molecule has 0 aliphatic carbocycles. The van der Waals surface area contributed by atoms with Gasteiger partial charge in [-0.1, -0.05) is 32.0 Å². The van der Waals surface area contributed by atoms with Gasteiger partial charge in [0.25, 0.3) is 0 Å². The highest BCUT2D eigenvalue weighted by Crippen LogP contribution is 2.19. The molecule has 0 aliphatic heterocycles. The third-order valence-electron chi connectivity index (χ3n) is 2.88. The molecule has 0 atom stereocenters. The number of esters is 1. The Morgan fingerprint density at radius 3 is 2.47 bits per heavy atom. The van der Waals surface area contributed by atoms with Crippen LogP contribution in [-0.4, -0.2) is 13.1 Å². The van der Waals surface area contributed by atoms with Gasteiger partial charge in [-0.2, -0.15) is 0 Å². The highest BCUT2D eigenvalue weighted by Gasteiger charge is 2.16. The lowest BCUT2D eigenvalue weighted by atomic mass is 10.0. The number of carbonyl (C=O) groups excluding carboxylic acids is 1. The topological polar surface area (TPSA) is 35.5 Å². The average molecular weight is 236 g/mol. The minimum Gasteiger partial charge on any atom is -0.496 e. The van der Waals surface area contributed by atoms with E-state index in [9.17, 15) is 4.79 Å². The fraction of sp³-hybridized carbons (Fsp3) is 0.500. The van der Waals surface area contributed by atoms with Gasteiger partial charge in [0.2, 0.25) is 0 Å². The zero-order valence-electron chi connectivity index (χ0n) is 10.7. The van der Waals surface area contributed by atoms with Crippen molar-refractivity contribution in [1.82, 2.24) is 0 Å². The second kappa shape index (κ2) is 6.94. The molecule has 0 radical (unpaired) electrons. The minimum absolute atomic E-state index is 0.00436. The van der Waals surface area contributed by atoms with E-state index in [-0.39, 0.29) is 18.5 Å². The molecule has 0 fully saturated rings. The lowest BCUT2D eigenvalue weighted by Crippen LogP contribution is -2.16. The maximum Gasteiger partial charge on any atom is 0.309 e. The van der Waals surface area contributed by atoms with E-state index in [4.69, 9.17) is 9.47 Å². The molecule has 3 heteroatoms. The number of rotatable bonds is 6. The van der Waals surface area contributed by atoms with Crippen molar-refractivity contribution < 1.29 is 14.3 Å². The molecular weight excluding hydrogens is 216 g/mol. The Kier molecular flexibility index (Phi) is 5.53. The zero-order valence-corrected chi connectivity index (χ0v) is 10.7. The maximum atomic E-state index is 11.7. The predicted octanol–water partition coefficient (Wildman–Crippen LogP) is 3.17. The Morgan fingerprint density at radius 1 is 1.24 bits per heavy atom. The van der Waals surface area contributed by atoms with Crippen LogP contribution in [0.1, 0.15) is 32.3 Å². The summed E-state index contributed by atoms with van der Waals surface area (Å²) in [5.41, 5.74) is 0.898. The van der Waals surface area contributed by atoms with Crippen molar-refractivity contribution >= 4 is 5.97 Å². The molecule has 0 amide bonds. The molecule has 0 saturated heterocycles. The highest BCUT2D eigenvalue weighted by molar-refractivity contribution is 5.72. The van der Waals surface area contributed by atoms with Gasteiger partial charge < -0.3 is 9.47 Å². The molecule has 3 nitrogen and oxygen atoms in total. The van der Waals surface area contributed by atoms with Crippen molar-refractivity contribution in [3.8, 4) is 5.75 Å². The molecule has 0 heterocycles. The smallest absolute Gasteiger partial charge is 0.309 e. The molecule has 1 aromatic carbocycles. The Bertz CT molecular complexity index is 356. The van der Waals surface area contributed by atoms with Gasteiger partial charge in [-0.05, 0) is 18.9 Å². The van der Waals surface area contributed by atoms with Crippen LogP contribution in [0.15, 0.2) is 24.3 Å². The highest BCUT2D eigenvalue weighted by atomic mass is 16.5. The van der Waals surface area contributed by atoms with Gasteiger partial charge in [0, 0.05) is 5.56 Å². The average Bonchev–Trinajstić information content (AvgIpc) is 2.38. The largest absolute Gasteiger partial charge is 0.496 e. The van der Waals surface area contributed by atoms with E-state index in [0.717, 1.165) is 24.2 Å². The molecule has 0 bridgehead atoms. The molecule has 0 N–H and O–H groups in total. The van der Waals surface area contributed by atoms with Gasteiger partial charge in [0.15, 0.2) is 0 Å². The van der Waals surface area contributed by atoms with Gasteiger partial charge in [0.05, 0.1) is 13.0 Å². The number of carbonyl (C=O) groups is 1. The fourth-order valence-electron chi connectivity index (χ4n) is 1.71. The summed E-state index contributed by atoms with van der Waals surface area (Å²) in [4.78, 5) is 11.7. The summed E-state index contributed by atoms with van der Waals surface area (Å²) in [5, 5.41) is 0. The number of ether oxygens (including phenoxy) is 2. The van der Waals surface area contributed by atoms with E-state index in [2.05, 4.69) is 0 Å². The van der Waals surface area contributed by atoms with Crippen LogP contribution in [0.4, 0.5) is 0 Å². The first-order valence-electron chi connectivity index (χ1n) is 6.01. The molecule has 1 aromatic rings. The molecule has 0 unspecified atom stereocenters. The summed E-state index contributed by atoms with van der Waals surface area (Å²) >= 11 is 0. The number of para-hydroxylation sites is 1. The van der Waals surface area contributed by atoms with Crippen LogP contribution in [0.5, 0.6) is 5.75 Å². The van der Waals surface area contributed by atoms with Crippen molar-refractivity contribution in [2.75, 3.05) is 7.11 Å². The first-order valence-corrected chi connectivity index (χ1v) is 6.01. The van der Waals surface area contributed by atoms with Crippen LogP contribution in [-0.2, 0) is 16.1 Å². The SMILES string of the molecule is CCC(CC)C(=O)OCc1ccccc1OC. The Hall–Kier alpha value is -1.51. The van der Waals surface area contributed by atoms with E-state index < -0.39 is 0 Å². The van der Waals surface area contributed by atoms with Crippen LogP contribution in [0.2, 0.25) is 0 Å². The third-order valence-corrected chi connectivity index (χ3v) is 2.88. The van der Waals surface area contributed by atoms with Crippen molar-refractivity contribution in [2.45, 2.75) is 33.3 Å². The number of methoxy groups -OCH3 is 1. The van der Waals surface area contributed by atoms with Gasteiger partial charge >= 0.3 is 5.97 Å². The van der Waals surface area contributed by atoms with Gasteiger partial charge in [-0.15, -0.1) is 0 Å². The third kappa shape index (κ3) is 3.77. The van der Waals surface area contributed by atoms with Gasteiger partial charge in [0.1, 0.15) is 12.4 Å². The number of hydrogen-bond donors (Lipinski definition) is 0. The van der Waals surface area contributed by atoms with Crippen molar-refractivity contribution in [1.29, 1.82) is 0 Å². The van der Waals surface area contributed by atoms with E-state index in [0.29, 0.717) is 0 Å². The van der Waals surface area contributed by atoms with E-state index in [1.165, 1.54) is 0 Å². The summed E-state index contributed by atoms with van der Waals surface area (Å²) in [6, 6.07) is 7.56. The first kappa shape index (κ1) is 13.6. The monoisotopic (exact) mass is 236 g/mol. The Labute approximate surface area is 103 Å². The lowest BCUT2D eigenvalue weighted by molar-refractivity contribution is -0.150. The minimum atomic E-state index is -0.124. The fourth-order valence-corrected chi connectivity index (χ4v) is 1.71. The molecule has 0 aromatic heterocycles. The first-order chi connectivity index (χ1) is 8.22. The van der Waals surface area contributed by atoms with Crippen molar-refractivity contribution in [3.63, 3.8) is 0 Å². The number of benzene rings is 1. The van der Waals surface area contributed by atoms with Crippen LogP contribution >= 0.6 is 0 Å². The van der Waals surface area contributed by atoms with E-state index in [1.807, 2.05) is 38.1 Å². The van der Waals surface area contributed by atoms with Crippen LogP contribution < -0.4 is 4.74 Å². The van der Waals surface area contributed by atoms with Crippen molar-refractivity contribution in [2.24, 2.45) is 5.92 Å². The normalized spacial score (nSPS) is 10.4. The van der Waals surface area contributed by atoms with Gasteiger partial charge in [-0.25, -0.2) is 0 Å². The second-order valence-corrected chi connectivity index (χ2v) is 3.93. The van der Waals surface area contributed by atoms with Gasteiger partial charge in [-0.3, -0.25) is 4.79 Å². The Balaban J connectivity index is 2.58. The van der Waals surface area contributed by atoms with Crippen LogP contribution in [0, 0.1) is 5.92 Å². The maximum absolute atomic E-state index is 11.7. The zero-order chi connectivity index (χ0) is 12.7. The van der Waals surface area contributed by atoms with E-state index in [1.54, 1.807) is 7.11 Å². The lowest BCUT2D eigenvalue weighted by Gasteiger charge is -2.13. The summed E-state index contributed by atoms with van der Waals surface area (Å²) < 4.78 is 10.5. The predicted molar refractivity (Wildman–Crippen MR) is 66.9 cm³/mol. The summed E-state index contributed by atoms with van der Waals surface area (Å²) in [7, 11) is 1.61. The molecule has 0 spiro atoms. The molecular formula is C14H20O3. The number of hydrogen-bond acceptors (Lipinski definition) is 3. The van der Waals surface area contributed by atoms with Crippen LogP contribution in [0.3, 0.4) is 0 Å². The summed E-state index contributed by atoms with van der Waals surface area (Å²) in [6.45, 7) is 4.27. The van der Waals surface area contributed by atoms with E-state index >= 15 is 0 Å². The standard InChI is InChI=1S/C14H20O3/c1-4-11(5-2)14(15)17-10-12-8-6-7-9-13(12)16-3/h6-9,11H,4-5,10H2,1-3H3. The Morgan fingerprint density at radius 2 is 1.88 bits per heavy atom. The molecule has 0 aliphatic rings. The second-order valence-electron chi connectivity index (χ2n) is 3.93. The summed E-state index contributed by atoms with van der Waals surface area (Å²) in [6.07, 6.45) is 1.64.